The lowest BCUT2D eigenvalue weighted by molar-refractivity contribution is 0.111. The monoisotopic (exact) mass is 222 g/mol. The smallest absolute Gasteiger partial charge is 0.271 e. The van der Waals surface area contributed by atoms with Gasteiger partial charge in [0.05, 0.1) is 11.4 Å². The summed E-state index contributed by atoms with van der Waals surface area (Å²) >= 11 is 5.72. The van der Waals surface area contributed by atoms with Crippen LogP contribution in [0.2, 0.25) is 5.02 Å². The van der Waals surface area contributed by atoms with Gasteiger partial charge in [-0.1, -0.05) is 11.6 Å². The maximum Gasteiger partial charge on any atom is 0.271 e. The summed E-state index contributed by atoms with van der Waals surface area (Å²) in [6.07, 6.45) is 0.591. The molecule has 4 nitrogen and oxygen atoms in total. The predicted molar refractivity (Wildman–Crippen MR) is 56.8 cm³/mol. The third-order valence-electron chi connectivity index (χ3n) is 1.95. The third kappa shape index (κ3) is 1.85. The Balaban J connectivity index is 2.53. The number of nitrogens with one attached hydrogen (secondary N) is 1. The van der Waals surface area contributed by atoms with Crippen molar-refractivity contribution in [1.29, 1.82) is 0 Å². The lowest BCUT2D eigenvalue weighted by Gasteiger charge is -2.00. The molecular formula is C10H7ClN2O2. The fourth-order valence-corrected chi connectivity index (χ4v) is 1.38. The van der Waals surface area contributed by atoms with Crippen LogP contribution in [0.3, 0.4) is 0 Å². The van der Waals surface area contributed by atoms with E-state index in [4.69, 9.17) is 11.6 Å². The molecule has 76 valence electrons. The maximum absolute atomic E-state index is 11.4. The molecule has 0 fully saturated rings. The van der Waals surface area contributed by atoms with Crippen molar-refractivity contribution in [3.05, 3.63) is 51.4 Å². The van der Waals surface area contributed by atoms with Gasteiger partial charge in [0.25, 0.3) is 5.56 Å². The number of hydrogen-bond acceptors (Lipinski definition) is 2. The van der Waals surface area contributed by atoms with E-state index in [9.17, 15) is 9.59 Å². The summed E-state index contributed by atoms with van der Waals surface area (Å²) in [6, 6.07) is 7.96. The van der Waals surface area contributed by atoms with Crippen LogP contribution in [0.15, 0.2) is 35.1 Å². The van der Waals surface area contributed by atoms with E-state index in [-0.39, 0.29) is 11.3 Å². The van der Waals surface area contributed by atoms with E-state index in [1.54, 1.807) is 24.3 Å². The Labute approximate surface area is 90.1 Å². The summed E-state index contributed by atoms with van der Waals surface area (Å²) in [6.45, 7) is 0. The van der Waals surface area contributed by atoms with Gasteiger partial charge in [0.1, 0.15) is 0 Å². The molecule has 1 aromatic carbocycles. The first-order valence-corrected chi connectivity index (χ1v) is 4.61. The van der Waals surface area contributed by atoms with E-state index < -0.39 is 0 Å². The van der Waals surface area contributed by atoms with Crippen LogP contribution in [0.5, 0.6) is 0 Å². The molecule has 1 aromatic heterocycles. The Bertz CT molecular complexity index is 539. The molecule has 0 bridgehead atoms. The number of nitrogens with zero attached hydrogens (tertiary/aromatic N) is 1. The zero-order chi connectivity index (χ0) is 10.8. The highest BCUT2D eigenvalue weighted by molar-refractivity contribution is 6.30. The summed E-state index contributed by atoms with van der Waals surface area (Å²) in [5.41, 5.74) is 0.604. The first-order chi connectivity index (χ1) is 7.20. The van der Waals surface area contributed by atoms with Crippen molar-refractivity contribution < 1.29 is 4.79 Å². The summed E-state index contributed by atoms with van der Waals surface area (Å²) in [4.78, 5) is 21.9. The number of benzene rings is 1. The molecule has 0 aliphatic rings. The molecule has 0 saturated carbocycles. The minimum absolute atomic E-state index is 0.245. The number of aromatic nitrogens is 2. The molecule has 0 unspecified atom stereocenters. The zero-order valence-electron chi connectivity index (χ0n) is 7.61. The molecule has 5 heteroatoms. The van der Waals surface area contributed by atoms with Crippen molar-refractivity contribution in [1.82, 2.24) is 9.78 Å². The van der Waals surface area contributed by atoms with Crippen LogP contribution in [-0.2, 0) is 0 Å². The Hall–Kier alpha value is -1.81. The van der Waals surface area contributed by atoms with Gasteiger partial charge in [-0.25, -0.2) is 4.68 Å². The average molecular weight is 223 g/mol. The van der Waals surface area contributed by atoms with Crippen LogP contribution >= 0.6 is 11.6 Å². The minimum Gasteiger partial charge on any atom is -0.296 e. The number of hydrogen-bond donors (Lipinski definition) is 1. The van der Waals surface area contributed by atoms with E-state index >= 15 is 0 Å². The van der Waals surface area contributed by atoms with Crippen molar-refractivity contribution in [3.63, 3.8) is 0 Å². The lowest BCUT2D eigenvalue weighted by atomic mass is 10.3. The van der Waals surface area contributed by atoms with Crippen molar-refractivity contribution in [3.8, 4) is 5.69 Å². The first kappa shape index (κ1) is 9.73. The van der Waals surface area contributed by atoms with Crippen LogP contribution in [0, 0.1) is 0 Å². The van der Waals surface area contributed by atoms with Gasteiger partial charge >= 0.3 is 0 Å². The van der Waals surface area contributed by atoms with Gasteiger partial charge in [-0.15, -0.1) is 0 Å². The van der Waals surface area contributed by atoms with Crippen LogP contribution in [-0.4, -0.2) is 16.1 Å². The minimum atomic E-state index is -0.278. The summed E-state index contributed by atoms with van der Waals surface area (Å²) in [7, 11) is 0. The first-order valence-electron chi connectivity index (χ1n) is 4.24. The lowest BCUT2D eigenvalue weighted by Crippen LogP contribution is -2.13. The normalized spacial score (nSPS) is 10.2. The molecule has 2 aromatic rings. The van der Waals surface area contributed by atoms with Crippen LogP contribution < -0.4 is 5.56 Å². The molecule has 15 heavy (non-hydrogen) atoms. The molecule has 0 saturated heterocycles. The number of carbonyl (C=O) groups is 1. The molecule has 0 spiro atoms. The second-order valence-corrected chi connectivity index (χ2v) is 3.42. The Morgan fingerprint density at radius 1 is 1.27 bits per heavy atom. The highest BCUT2D eigenvalue weighted by atomic mass is 35.5. The van der Waals surface area contributed by atoms with E-state index in [2.05, 4.69) is 5.10 Å². The molecule has 1 heterocycles. The van der Waals surface area contributed by atoms with Crippen molar-refractivity contribution in [2.45, 2.75) is 0 Å². The van der Waals surface area contributed by atoms with Gasteiger partial charge in [-0.3, -0.25) is 14.7 Å². The Morgan fingerprint density at radius 3 is 2.47 bits per heavy atom. The molecule has 0 radical (unpaired) electrons. The molecule has 0 amide bonds. The van der Waals surface area contributed by atoms with E-state index in [0.29, 0.717) is 17.0 Å². The number of aldehydes is 1. The molecule has 0 aliphatic heterocycles. The van der Waals surface area contributed by atoms with Gasteiger partial charge in [-0.05, 0) is 24.3 Å². The van der Waals surface area contributed by atoms with E-state index in [0.717, 1.165) is 0 Å². The Kier molecular flexibility index (Phi) is 2.43. The van der Waals surface area contributed by atoms with Crippen molar-refractivity contribution in [2.75, 3.05) is 0 Å². The summed E-state index contributed by atoms with van der Waals surface area (Å²) in [5.74, 6) is 0. The maximum atomic E-state index is 11.4. The van der Waals surface area contributed by atoms with Gasteiger partial charge in [0, 0.05) is 11.1 Å². The standard InChI is InChI=1S/C10H7ClN2O2/c11-7-1-3-9(4-2-7)13-10(15)5-8(6-14)12-13/h1-6,12H. The molecular weight excluding hydrogens is 216 g/mol. The van der Waals surface area contributed by atoms with Gasteiger partial charge in [-0.2, -0.15) is 0 Å². The molecule has 2 rings (SSSR count). The summed E-state index contributed by atoms with van der Waals surface area (Å²) < 4.78 is 1.28. The summed E-state index contributed by atoms with van der Waals surface area (Å²) in [5, 5.41) is 3.25. The van der Waals surface area contributed by atoms with Gasteiger partial charge in [0.15, 0.2) is 6.29 Å². The average Bonchev–Trinajstić information content (AvgIpc) is 2.61. The van der Waals surface area contributed by atoms with Crippen molar-refractivity contribution >= 4 is 17.9 Å². The van der Waals surface area contributed by atoms with Crippen LogP contribution in [0.1, 0.15) is 10.5 Å². The van der Waals surface area contributed by atoms with Crippen molar-refractivity contribution in [2.24, 2.45) is 0 Å². The number of aromatic amines is 1. The fraction of sp³-hybridized carbons (Fsp3) is 0. The van der Waals surface area contributed by atoms with Gasteiger partial charge < -0.3 is 0 Å². The largest absolute Gasteiger partial charge is 0.296 e. The Morgan fingerprint density at radius 2 is 1.93 bits per heavy atom. The topological polar surface area (TPSA) is 54.9 Å². The zero-order valence-corrected chi connectivity index (χ0v) is 8.36. The number of halogens is 1. The predicted octanol–water partition coefficient (Wildman–Crippen LogP) is 1.63. The quantitative estimate of drug-likeness (QED) is 0.786. The van der Waals surface area contributed by atoms with E-state index in [1.807, 2.05) is 0 Å². The molecule has 1 N–H and O–H groups in total. The number of H-pyrrole nitrogens is 1. The van der Waals surface area contributed by atoms with E-state index in [1.165, 1.54) is 10.7 Å². The van der Waals surface area contributed by atoms with Crippen LogP contribution in [0.25, 0.3) is 5.69 Å². The van der Waals surface area contributed by atoms with Crippen LogP contribution in [0.4, 0.5) is 0 Å². The second kappa shape index (κ2) is 3.74. The molecule has 0 aliphatic carbocycles. The SMILES string of the molecule is O=Cc1cc(=O)n(-c2ccc(Cl)cc2)[nH]1. The number of carbonyl (C=O) groups excluding carboxylic acids is 1. The van der Waals surface area contributed by atoms with Gasteiger partial charge in [0.2, 0.25) is 0 Å². The fourth-order valence-electron chi connectivity index (χ4n) is 1.26. The highest BCUT2D eigenvalue weighted by Gasteiger charge is 2.03. The number of rotatable bonds is 2. The highest BCUT2D eigenvalue weighted by Crippen LogP contribution is 2.11. The third-order valence-corrected chi connectivity index (χ3v) is 2.20. The molecule has 0 atom stereocenters. The second-order valence-electron chi connectivity index (χ2n) is 2.98.